The van der Waals surface area contributed by atoms with Gasteiger partial charge in [0.2, 0.25) is 11.0 Å². The van der Waals surface area contributed by atoms with Gasteiger partial charge in [0.25, 0.3) is 0 Å². The molecule has 6 nitrogen and oxygen atoms in total. The van der Waals surface area contributed by atoms with Gasteiger partial charge in [-0.3, -0.25) is 10.1 Å². The quantitative estimate of drug-likeness (QED) is 0.852. The molecule has 7 heteroatoms. The fourth-order valence-corrected chi connectivity index (χ4v) is 2.58. The van der Waals surface area contributed by atoms with Crippen LogP contribution >= 0.6 is 11.3 Å². The minimum absolute atomic E-state index is 0.0840. The third kappa shape index (κ3) is 3.77. The molecule has 0 aliphatic heterocycles. The zero-order valence-electron chi connectivity index (χ0n) is 11.6. The smallest absolute Gasteiger partial charge is 0.240 e. The normalized spacial score (nSPS) is 14.0. The Labute approximate surface area is 126 Å². The molecule has 1 aromatic carbocycles. The lowest BCUT2D eigenvalue weighted by Gasteiger charge is -2.01. The monoisotopic (exact) mass is 304 g/mol. The van der Waals surface area contributed by atoms with Gasteiger partial charge in [0, 0.05) is 11.6 Å². The fraction of sp³-hybridized carbons (Fsp3) is 0.357. The first-order valence-electron chi connectivity index (χ1n) is 6.76. The second-order valence-corrected chi connectivity index (χ2v) is 5.82. The van der Waals surface area contributed by atoms with Crippen LogP contribution in [0.1, 0.15) is 12.8 Å². The van der Waals surface area contributed by atoms with Crippen LogP contribution in [0, 0.1) is 0 Å². The molecule has 0 saturated heterocycles. The lowest BCUT2D eigenvalue weighted by Crippen LogP contribution is -2.29. The molecule has 3 rings (SSSR count). The van der Waals surface area contributed by atoms with Crippen molar-refractivity contribution in [3.8, 4) is 16.3 Å². The Kier molecular flexibility index (Phi) is 4.12. The zero-order chi connectivity index (χ0) is 14.7. The first-order valence-corrected chi connectivity index (χ1v) is 7.57. The number of nitrogens with zero attached hydrogens (tertiary/aromatic N) is 2. The van der Waals surface area contributed by atoms with E-state index >= 15 is 0 Å². The molecule has 1 aliphatic carbocycles. The number of hydrogen-bond acceptors (Lipinski definition) is 6. The molecule has 1 fully saturated rings. The van der Waals surface area contributed by atoms with Crippen LogP contribution in [0.4, 0.5) is 5.13 Å². The largest absolute Gasteiger partial charge is 0.497 e. The maximum atomic E-state index is 11.7. The molecule has 1 aliphatic rings. The van der Waals surface area contributed by atoms with Crippen LogP contribution in [0.2, 0.25) is 0 Å². The molecule has 1 heterocycles. The van der Waals surface area contributed by atoms with Crippen LogP contribution in [-0.4, -0.2) is 35.8 Å². The van der Waals surface area contributed by atoms with E-state index < -0.39 is 0 Å². The van der Waals surface area contributed by atoms with Crippen molar-refractivity contribution in [3.05, 3.63) is 24.3 Å². The Morgan fingerprint density at radius 1 is 1.33 bits per heavy atom. The molecule has 0 unspecified atom stereocenters. The molecule has 0 radical (unpaired) electrons. The number of ether oxygens (including phenoxy) is 1. The number of rotatable bonds is 6. The van der Waals surface area contributed by atoms with E-state index in [9.17, 15) is 4.79 Å². The van der Waals surface area contributed by atoms with Crippen LogP contribution in [0.5, 0.6) is 5.75 Å². The second-order valence-electron chi connectivity index (χ2n) is 4.84. The van der Waals surface area contributed by atoms with Crippen molar-refractivity contribution in [3.63, 3.8) is 0 Å². The predicted molar refractivity (Wildman–Crippen MR) is 81.6 cm³/mol. The van der Waals surface area contributed by atoms with Gasteiger partial charge < -0.3 is 10.1 Å². The van der Waals surface area contributed by atoms with Crippen LogP contribution in [-0.2, 0) is 4.79 Å². The lowest BCUT2D eigenvalue weighted by molar-refractivity contribution is -0.115. The third-order valence-corrected chi connectivity index (χ3v) is 4.02. The summed E-state index contributed by atoms with van der Waals surface area (Å²) in [6, 6.07) is 8.09. The van der Waals surface area contributed by atoms with Gasteiger partial charge in [-0.25, -0.2) is 0 Å². The van der Waals surface area contributed by atoms with Gasteiger partial charge in [-0.15, -0.1) is 10.2 Å². The van der Waals surface area contributed by atoms with Crippen LogP contribution in [0.25, 0.3) is 10.6 Å². The van der Waals surface area contributed by atoms with Gasteiger partial charge in [-0.05, 0) is 37.1 Å². The molecule has 110 valence electrons. The average Bonchev–Trinajstić information content (AvgIpc) is 3.23. The first-order chi connectivity index (χ1) is 10.2. The number of amides is 1. The Balaban J connectivity index is 1.60. The summed E-state index contributed by atoms with van der Waals surface area (Å²) in [4.78, 5) is 11.7. The van der Waals surface area contributed by atoms with E-state index in [4.69, 9.17) is 4.74 Å². The summed E-state index contributed by atoms with van der Waals surface area (Å²) in [7, 11) is 1.63. The standard InChI is InChI=1S/C14H16N4O2S/c1-20-11-6-2-9(3-7-11)13-17-18-14(21-13)16-12(19)8-15-10-4-5-10/h2-3,6-7,10,15H,4-5,8H2,1H3,(H,16,18,19). The van der Waals surface area contributed by atoms with E-state index in [2.05, 4.69) is 20.8 Å². The highest BCUT2D eigenvalue weighted by molar-refractivity contribution is 7.18. The molecule has 1 saturated carbocycles. The second kappa shape index (κ2) is 6.19. The summed E-state index contributed by atoms with van der Waals surface area (Å²) < 4.78 is 5.12. The Morgan fingerprint density at radius 3 is 2.76 bits per heavy atom. The first kappa shape index (κ1) is 14.0. The van der Waals surface area contributed by atoms with Gasteiger partial charge >= 0.3 is 0 Å². The van der Waals surface area contributed by atoms with E-state index in [1.54, 1.807) is 7.11 Å². The zero-order valence-corrected chi connectivity index (χ0v) is 12.4. The summed E-state index contributed by atoms with van der Waals surface area (Å²) >= 11 is 1.35. The van der Waals surface area contributed by atoms with Crippen LogP contribution in [0.3, 0.4) is 0 Å². The molecule has 21 heavy (non-hydrogen) atoms. The van der Waals surface area contributed by atoms with Crippen molar-refractivity contribution < 1.29 is 9.53 Å². The average molecular weight is 304 g/mol. The van der Waals surface area contributed by atoms with Gasteiger partial charge in [0.1, 0.15) is 10.8 Å². The van der Waals surface area contributed by atoms with Gasteiger partial charge in [-0.2, -0.15) is 0 Å². The van der Waals surface area contributed by atoms with Crippen molar-refractivity contribution in [2.75, 3.05) is 19.0 Å². The number of benzene rings is 1. The summed E-state index contributed by atoms with van der Waals surface area (Å²) in [5, 5.41) is 15.3. The number of hydrogen-bond donors (Lipinski definition) is 2. The van der Waals surface area contributed by atoms with Crippen molar-refractivity contribution >= 4 is 22.4 Å². The number of aromatic nitrogens is 2. The Hall–Kier alpha value is -1.99. The fourth-order valence-electron chi connectivity index (χ4n) is 1.81. The van der Waals surface area contributed by atoms with Gasteiger partial charge in [0.05, 0.1) is 13.7 Å². The van der Waals surface area contributed by atoms with Crippen LogP contribution in [0.15, 0.2) is 24.3 Å². The molecule has 0 bridgehead atoms. The van der Waals surface area contributed by atoms with Crippen molar-refractivity contribution in [2.45, 2.75) is 18.9 Å². The third-order valence-electron chi connectivity index (χ3n) is 3.14. The van der Waals surface area contributed by atoms with E-state index in [0.717, 1.165) is 29.2 Å². The number of nitrogens with one attached hydrogen (secondary N) is 2. The van der Waals surface area contributed by atoms with Crippen molar-refractivity contribution in [1.29, 1.82) is 0 Å². The summed E-state index contributed by atoms with van der Waals surface area (Å²) in [5.41, 5.74) is 0.949. The SMILES string of the molecule is COc1ccc(-c2nnc(NC(=O)CNC3CC3)s2)cc1. The molecular weight excluding hydrogens is 288 g/mol. The van der Waals surface area contributed by atoms with E-state index in [0.29, 0.717) is 17.7 Å². The minimum atomic E-state index is -0.0840. The molecule has 0 spiro atoms. The highest BCUT2D eigenvalue weighted by Gasteiger charge is 2.21. The van der Waals surface area contributed by atoms with Crippen molar-refractivity contribution in [2.24, 2.45) is 0 Å². The molecular formula is C14H16N4O2S. The maximum Gasteiger partial charge on any atom is 0.240 e. The number of methoxy groups -OCH3 is 1. The summed E-state index contributed by atoms with van der Waals surface area (Å²) in [6.45, 7) is 0.322. The summed E-state index contributed by atoms with van der Waals surface area (Å²) in [6.07, 6.45) is 2.32. The number of carbonyl (C=O) groups is 1. The summed E-state index contributed by atoms with van der Waals surface area (Å²) in [5.74, 6) is 0.710. The number of carbonyl (C=O) groups excluding carboxylic acids is 1. The van der Waals surface area contributed by atoms with Crippen LogP contribution < -0.4 is 15.4 Å². The van der Waals surface area contributed by atoms with Crippen molar-refractivity contribution in [1.82, 2.24) is 15.5 Å². The highest BCUT2D eigenvalue weighted by Crippen LogP contribution is 2.27. The van der Waals surface area contributed by atoms with Gasteiger partial charge in [0.15, 0.2) is 0 Å². The van der Waals surface area contributed by atoms with Gasteiger partial charge in [-0.1, -0.05) is 11.3 Å². The highest BCUT2D eigenvalue weighted by atomic mass is 32.1. The number of anilines is 1. The topological polar surface area (TPSA) is 76.1 Å². The molecule has 2 aromatic rings. The molecule has 1 aromatic heterocycles. The van der Waals surface area contributed by atoms with E-state index in [1.165, 1.54) is 11.3 Å². The maximum absolute atomic E-state index is 11.7. The molecule has 2 N–H and O–H groups in total. The van der Waals surface area contributed by atoms with E-state index in [1.807, 2.05) is 24.3 Å². The predicted octanol–water partition coefficient (Wildman–Crippen LogP) is 1.90. The Morgan fingerprint density at radius 2 is 2.10 bits per heavy atom. The molecule has 0 atom stereocenters. The minimum Gasteiger partial charge on any atom is -0.497 e. The molecule has 1 amide bonds. The Bertz CT molecular complexity index is 622. The lowest BCUT2D eigenvalue weighted by atomic mass is 10.2. The van der Waals surface area contributed by atoms with E-state index in [-0.39, 0.29) is 5.91 Å².